The Morgan fingerprint density at radius 2 is 2.15 bits per heavy atom. The summed E-state index contributed by atoms with van der Waals surface area (Å²) in [5, 5.41) is 16.6. The van der Waals surface area contributed by atoms with Gasteiger partial charge in [-0.2, -0.15) is 5.48 Å². The molecule has 0 bridgehead atoms. The highest BCUT2D eigenvalue weighted by molar-refractivity contribution is 5.73. The van der Waals surface area contributed by atoms with E-state index in [9.17, 15) is 4.79 Å². The number of rotatable bonds is 5. The smallest absolute Gasteiger partial charge is 0.323 e. The molecule has 0 fully saturated rings. The van der Waals surface area contributed by atoms with Crippen LogP contribution in [0.25, 0.3) is 0 Å². The summed E-state index contributed by atoms with van der Waals surface area (Å²) < 4.78 is 0. The van der Waals surface area contributed by atoms with Crippen molar-refractivity contribution in [3.05, 3.63) is 0 Å². The first-order valence-electron chi connectivity index (χ1n) is 3.86. The lowest BCUT2D eigenvalue weighted by atomic mass is 10.2. The molecule has 0 aliphatic rings. The van der Waals surface area contributed by atoms with Crippen molar-refractivity contribution < 1.29 is 19.9 Å². The Morgan fingerprint density at radius 3 is 2.38 bits per heavy atom. The SMILES string of the molecule is CC=O.NCCCC(NO)C(=O)O. The average molecular weight is 192 g/mol. The Morgan fingerprint density at radius 1 is 1.69 bits per heavy atom. The van der Waals surface area contributed by atoms with Crippen LogP contribution in [-0.4, -0.2) is 35.2 Å². The number of hydroxylamine groups is 1. The van der Waals surface area contributed by atoms with Crippen molar-refractivity contribution >= 4 is 12.3 Å². The third-order valence-electron chi connectivity index (χ3n) is 1.15. The fourth-order valence-corrected chi connectivity index (χ4v) is 0.565. The molecule has 0 saturated heterocycles. The molecule has 0 radical (unpaired) electrons. The predicted molar refractivity (Wildman–Crippen MR) is 46.4 cm³/mol. The van der Waals surface area contributed by atoms with Crippen molar-refractivity contribution in [2.45, 2.75) is 25.8 Å². The van der Waals surface area contributed by atoms with Gasteiger partial charge < -0.3 is 20.8 Å². The molecule has 0 aromatic heterocycles. The van der Waals surface area contributed by atoms with E-state index in [0.29, 0.717) is 19.4 Å². The minimum absolute atomic E-state index is 0.350. The zero-order valence-electron chi connectivity index (χ0n) is 7.56. The lowest BCUT2D eigenvalue weighted by Gasteiger charge is -2.07. The van der Waals surface area contributed by atoms with E-state index in [0.717, 1.165) is 6.29 Å². The zero-order valence-corrected chi connectivity index (χ0v) is 7.56. The Bertz CT molecular complexity index is 140. The third-order valence-corrected chi connectivity index (χ3v) is 1.15. The average Bonchev–Trinajstić information content (AvgIpc) is 2.06. The number of aliphatic carboxylic acids is 1. The van der Waals surface area contributed by atoms with Crippen molar-refractivity contribution in [1.29, 1.82) is 0 Å². The van der Waals surface area contributed by atoms with E-state index in [2.05, 4.69) is 0 Å². The van der Waals surface area contributed by atoms with Crippen LogP contribution in [0, 0.1) is 0 Å². The molecule has 6 heteroatoms. The van der Waals surface area contributed by atoms with Crippen LogP contribution in [-0.2, 0) is 9.59 Å². The maximum absolute atomic E-state index is 10.2. The number of carboxylic acids is 1. The van der Waals surface area contributed by atoms with Gasteiger partial charge in [0.05, 0.1) is 0 Å². The topological polar surface area (TPSA) is 113 Å². The highest BCUT2D eigenvalue weighted by atomic mass is 16.5. The molecule has 1 unspecified atom stereocenters. The molecule has 0 saturated carbocycles. The summed E-state index contributed by atoms with van der Waals surface area (Å²) in [7, 11) is 0. The second-order valence-electron chi connectivity index (χ2n) is 2.19. The van der Waals surface area contributed by atoms with Gasteiger partial charge in [-0.25, -0.2) is 0 Å². The molecular formula is C7H16N2O4. The minimum Gasteiger partial charge on any atom is -0.480 e. The van der Waals surface area contributed by atoms with Gasteiger partial charge in [0.25, 0.3) is 0 Å². The minimum atomic E-state index is -1.06. The van der Waals surface area contributed by atoms with Crippen LogP contribution in [0.15, 0.2) is 0 Å². The predicted octanol–water partition coefficient (Wildman–Crippen LogP) is -0.637. The number of hydrogen-bond acceptors (Lipinski definition) is 5. The summed E-state index contributed by atoms with van der Waals surface area (Å²) in [5.41, 5.74) is 6.81. The van der Waals surface area contributed by atoms with Crippen LogP contribution in [0.2, 0.25) is 0 Å². The maximum Gasteiger partial charge on any atom is 0.323 e. The lowest BCUT2D eigenvalue weighted by Crippen LogP contribution is -2.34. The van der Waals surface area contributed by atoms with Gasteiger partial charge in [0.15, 0.2) is 0 Å². The van der Waals surface area contributed by atoms with Gasteiger partial charge in [-0.15, -0.1) is 0 Å². The Labute approximate surface area is 76.7 Å². The van der Waals surface area contributed by atoms with Crippen LogP contribution >= 0.6 is 0 Å². The van der Waals surface area contributed by atoms with Crippen LogP contribution in [0.3, 0.4) is 0 Å². The molecule has 0 spiro atoms. The van der Waals surface area contributed by atoms with E-state index < -0.39 is 12.0 Å². The van der Waals surface area contributed by atoms with Crippen LogP contribution < -0.4 is 11.2 Å². The monoisotopic (exact) mass is 192 g/mol. The van der Waals surface area contributed by atoms with Crippen molar-refractivity contribution in [3.8, 4) is 0 Å². The van der Waals surface area contributed by atoms with Crippen molar-refractivity contribution in [2.24, 2.45) is 5.73 Å². The molecule has 0 rings (SSSR count). The lowest BCUT2D eigenvalue weighted by molar-refractivity contribution is -0.142. The summed E-state index contributed by atoms with van der Waals surface area (Å²) in [5.74, 6) is -1.06. The Hall–Kier alpha value is -0.980. The van der Waals surface area contributed by atoms with Crippen molar-refractivity contribution in [2.75, 3.05) is 6.54 Å². The summed E-state index contributed by atoms with van der Waals surface area (Å²) in [4.78, 5) is 19.0. The summed E-state index contributed by atoms with van der Waals surface area (Å²) in [6.45, 7) is 1.88. The molecule has 0 aliphatic carbocycles. The first-order chi connectivity index (χ1) is 6.13. The van der Waals surface area contributed by atoms with Gasteiger partial charge in [-0.1, -0.05) is 0 Å². The fraction of sp³-hybridized carbons (Fsp3) is 0.714. The van der Waals surface area contributed by atoms with Crippen molar-refractivity contribution in [3.63, 3.8) is 0 Å². The second-order valence-corrected chi connectivity index (χ2v) is 2.19. The van der Waals surface area contributed by atoms with E-state index >= 15 is 0 Å². The first kappa shape index (κ1) is 14.5. The largest absolute Gasteiger partial charge is 0.480 e. The normalized spacial score (nSPS) is 11.0. The van der Waals surface area contributed by atoms with Crippen LogP contribution in [0.5, 0.6) is 0 Å². The van der Waals surface area contributed by atoms with Gasteiger partial charge in [0.1, 0.15) is 12.3 Å². The number of carbonyl (C=O) groups excluding carboxylic acids is 1. The van der Waals surface area contributed by atoms with Crippen LogP contribution in [0.1, 0.15) is 19.8 Å². The van der Waals surface area contributed by atoms with E-state index in [1.807, 2.05) is 0 Å². The number of hydrogen-bond donors (Lipinski definition) is 4. The van der Waals surface area contributed by atoms with E-state index in [-0.39, 0.29) is 0 Å². The highest BCUT2D eigenvalue weighted by Gasteiger charge is 2.13. The van der Waals surface area contributed by atoms with E-state index in [4.69, 9.17) is 20.8 Å². The number of nitrogens with one attached hydrogen (secondary N) is 1. The summed E-state index contributed by atoms with van der Waals surface area (Å²) >= 11 is 0. The zero-order chi connectivity index (χ0) is 10.7. The van der Waals surface area contributed by atoms with Gasteiger partial charge in [-0.3, -0.25) is 4.79 Å². The summed E-state index contributed by atoms with van der Waals surface area (Å²) in [6.07, 6.45) is 1.69. The number of aldehydes is 1. The molecule has 1 atom stereocenters. The molecule has 0 aromatic rings. The molecule has 5 N–H and O–H groups in total. The molecule has 0 heterocycles. The highest BCUT2D eigenvalue weighted by Crippen LogP contribution is 1.94. The summed E-state index contributed by atoms with van der Waals surface area (Å²) in [6, 6.07) is -0.886. The first-order valence-corrected chi connectivity index (χ1v) is 3.86. The van der Waals surface area contributed by atoms with Crippen molar-refractivity contribution in [1.82, 2.24) is 5.48 Å². The van der Waals surface area contributed by atoms with E-state index in [1.54, 1.807) is 5.48 Å². The molecule has 0 aliphatic heterocycles. The second kappa shape index (κ2) is 11.0. The maximum atomic E-state index is 10.2. The number of carboxylic acid groups (broad SMARTS) is 1. The standard InChI is InChI=1S/C5H12N2O3.C2H4O/c6-3-1-2-4(7-10)5(8)9;1-2-3/h4,7,10H,1-3,6H2,(H,8,9);2H,1H3. The Balaban J connectivity index is 0. The van der Waals surface area contributed by atoms with E-state index in [1.165, 1.54) is 6.92 Å². The molecule has 6 nitrogen and oxygen atoms in total. The van der Waals surface area contributed by atoms with Gasteiger partial charge in [-0.05, 0) is 26.3 Å². The quantitative estimate of drug-likeness (QED) is 0.340. The number of carbonyl (C=O) groups is 2. The van der Waals surface area contributed by atoms with Gasteiger partial charge in [0.2, 0.25) is 0 Å². The van der Waals surface area contributed by atoms with Crippen LogP contribution in [0.4, 0.5) is 0 Å². The molecular weight excluding hydrogens is 176 g/mol. The number of nitrogens with two attached hydrogens (primary N) is 1. The molecule has 78 valence electrons. The Kier molecular flexibility index (Phi) is 12.3. The third kappa shape index (κ3) is 11.0. The van der Waals surface area contributed by atoms with Gasteiger partial charge >= 0.3 is 5.97 Å². The molecule has 0 amide bonds. The molecule has 13 heavy (non-hydrogen) atoms. The van der Waals surface area contributed by atoms with Gasteiger partial charge in [0, 0.05) is 0 Å². The molecule has 0 aromatic carbocycles. The fourth-order valence-electron chi connectivity index (χ4n) is 0.565.